The Labute approximate surface area is 130 Å². The van der Waals surface area contributed by atoms with Gasteiger partial charge in [0.05, 0.1) is 10.6 Å². The third-order valence-corrected chi connectivity index (χ3v) is 5.40. The fourth-order valence-electron chi connectivity index (χ4n) is 2.18. The third kappa shape index (κ3) is 3.63. The number of thiocarbonyl (C=S) groups is 1. The van der Waals surface area contributed by atoms with Crippen LogP contribution in [0.25, 0.3) is 0 Å². The Kier molecular flexibility index (Phi) is 5.02. The molecule has 1 aliphatic heterocycles. The maximum Gasteiger partial charge on any atom is 0.243 e. The zero-order chi connectivity index (χ0) is 15.5. The second-order valence-electron chi connectivity index (χ2n) is 4.77. The molecule has 0 amide bonds. The standard InChI is InChI=1S/C13H19N3O3S2/c1-2-14-13(20)15-11-9-10(5-6-12(11)17)21(18,19)16-7-3-4-8-16/h5-6,9,17H,2-4,7-8H2,1H3,(H2,14,15,20). The van der Waals surface area contributed by atoms with Crippen LogP contribution in [-0.4, -0.2) is 42.6 Å². The first-order valence-corrected chi connectivity index (χ1v) is 8.68. The summed E-state index contributed by atoms with van der Waals surface area (Å²) in [5.74, 6) is -0.0457. The topological polar surface area (TPSA) is 81.7 Å². The van der Waals surface area contributed by atoms with Crippen molar-refractivity contribution in [3.05, 3.63) is 18.2 Å². The van der Waals surface area contributed by atoms with Gasteiger partial charge in [0.2, 0.25) is 10.0 Å². The molecule has 3 N–H and O–H groups in total. The molecule has 0 spiro atoms. The number of benzene rings is 1. The number of hydrogen-bond acceptors (Lipinski definition) is 4. The molecule has 1 fully saturated rings. The molecule has 0 unspecified atom stereocenters. The van der Waals surface area contributed by atoms with Gasteiger partial charge in [-0.05, 0) is 50.2 Å². The van der Waals surface area contributed by atoms with Crippen LogP contribution < -0.4 is 10.6 Å². The van der Waals surface area contributed by atoms with Crippen molar-refractivity contribution in [2.45, 2.75) is 24.7 Å². The highest BCUT2D eigenvalue weighted by Gasteiger charge is 2.27. The number of anilines is 1. The Balaban J connectivity index is 2.27. The molecule has 1 aliphatic rings. The Morgan fingerprint density at radius 1 is 1.38 bits per heavy atom. The quantitative estimate of drug-likeness (QED) is 0.573. The summed E-state index contributed by atoms with van der Waals surface area (Å²) in [6.45, 7) is 3.62. The van der Waals surface area contributed by atoms with Crippen LogP contribution in [0.2, 0.25) is 0 Å². The van der Waals surface area contributed by atoms with Crippen LogP contribution in [0.15, 0.2) is 23.1 Å². The SMILES string of the molecule is CCNC(=S)Nc1cc(S(=O)(=O)N2CCCC2)ccc1O. The molecule has 0 aromatic heterocycles. The third-order valence-electron chi connectivity index (χ3n) is 3.26. The Morgan fingerprint density at radius 3 is 2.67 bits per heavy atom. The lowest BCUT2D eigenvalue weighted by molar-refractivity contribution is 0.473. The molecule has 0 aliphatic carbocycles. The summed E-state index contributed by atoms with van der Waals surface area (Å²) in [6.07, 6.45) is 1.76. The van der Waals surface area contributed by atoms with E-state index in [1.165, 1.54) is 22.5 Å². The maximum atomic E-state index is 12.5. The minimum absolute atomic E-state index is 0.0457. The molecule has 8 heteroatoms. The average Bonchev–Trinajstić information content (AvgIpc) is 2.96. The van der Waals surface area contributed by atoms with Crippen LogP contribution in [0.4, 0.5) is 5.69 Å². The first-order valence-electron chi connectivity index (χ1n) is 6.83. The van der Waals surface area contributed by atoms with Crippen LogP contribution in [0.5, 0.6) is 5.75 Å². The van der Waals surface area contributed by atoms with Gasteiger partial charge < -0.3 is 15.7 Å². The summed E-state index contributed by atoms with van der Waals surface area (Å²) >= 11 is 5.05. The van der Waals surface area contributed by atoms with Crippen molar-refractivity contribution in [2.24, 2.45) is 0 Å². The van der Waals surface area contributed by atoms with Crippen molar-refractivity contribution < 1.29 is 13.5 Å². The zero-order valence-electron chi connectivity index (χ0n) is 11.8. The highest BCUT2D eigenvalue weighted by atomic mass is 32.2. The Morgan fingerprint density at radius 2 is 2.05 bits per heavy atom. The number of rotatable bonds is 4. The summed E-state index contributed by atoms with van der Waals surface area (Å²) in [7, 11) is -3.51. The molecule has 1 saturated heterocycles. The number of phenolic OH excluding ortho intramolecular Hbond substituents is 1. The van der Waals surface area contributed by atoms with E-state index >= 15 is 0 Å². The molecule has 0 bridgehead atoms. The van der Waals surface area contributed by atoms with Crippen molar-refractivity contribution in [1.82, 2.24) is 9.62 Å². The molecule has 116 valence electrons. The van der Waals surface area contributed by atoms with Gasteiger partial charge in [-0.3, -0.25) is 0 Å². The first kappa shape index (κ1) is 16.0. The summed E-state index contributed by atoms with van der Waals surface area (Å²) < 4.78 is 26.4. The number of nitrogens with zero attached hydrogens (tertiary/aromatic N) is 1. The number of phenols is 1. The molecule has 21 heavy (non-hydrogen) atoms. The van der Waals surface area contributed by atoms with E-state index in [1.807, 2.05) is 6.92 Å². The van der Waals surface area contributed by atoms with E-state index < -0.39 is 10.0 Å². The molecule has 0 saturated carbocycles. The summed E-state index contributed by atoms with van der Waals surface area (Å²) in [4.78, 5) is 0.156. The number of sulfonamides is 1. The normalized spacial score (nSPS) is 15.9. The lowest BCUT2D eigenvalue weighted by Gasteiger charge is -2.17. The van der Waals surface area contributed by atoms with Gasteiger partial charge in [-0.2, -0.15) is 4.31 Å². The predicted octanol–water partition coefficient (Wildman–Crippen LogP) is 1.48. The van der Waals surface area contributed by atoms with Crippen LogP contribution in [0.3, 0.4) is 0 Å². The summed E-state index contributed by atoms with van der Waals surface area (Å²) in [5.41, 5.74) is 0.279. The summed E-state index contributed by atoms with van der Waals surface area (Å²) in [5, 5.41) is 15.8. The molecule has 0 radical (unpaired) electrons. The van der Waals surface area contributed by atoms with Crippen molar-refractivity contribution in [1.29, 1.82) is 0 Å². The van der Waals surface area contributed by atoms with E-state index in [-0.39, 0.29) is 16.3 Å². The molecule has 2 rings (SSSR count). The average molecular weight is 329 g/mol. The first-order chi connectivity index (χ1) is 9.95. The maximum absolute atomic E-state index is 12.5. The van der Waals surface area contributed by atoms with Crippen LogP contribution in [-0.2, 0) is 10.0 Å². The lowest BCUT2D eigenvalue weighted by atomic mass is 10.3. The highest BCUT2D eigenvalue weighted by molar-refractivity contribution is 7.89. The highest BCUT2D eigenvalue weighted by Crippen LogP contribution is 2.29. The predicted molar refractivity (Wildman–Crippen MR) is 86.0 cm³/mol. The van der Waals surface area contributed by atoms with Gasteiger partial charge in [0.15, 0.2) is 5.11 Å². The van der Waals surface area contributed by atoms with Gasteiger partial charge in [-0.15, -0.1) is 0 Å². The summed E-state index contributed by atoms with van der Waals surface area (Å²) in [6, 6.07) is 4.18. The van der Waals surface area contributed by atoms with Crippen molar-refractivity contribution in [3.8, 4) is 5.75 Å². The van der Waals surface area contributed by atoms with Gasteiger partial charge >= 0.3 is 0 Å². The second kappa shape index (κ2) is 6.59. The molecule has 6 nitrogen and oxygen atoms in total. The van der Waals surface area contributed by atoms with E-state index in [2.05, 4.69) is 10.6 Å². The largest absolute Gasteiger partial charge is 0.506 e. The molecule has 1 aromatic rings. The van der Waals surface area contributed by atoms with Crippen LogP contribution in [0, 0.1) is 0 Å². The van der Waals surface area contributed by atoms with Gasteiger partial charge in [-0.25, -0.2) is 8.42 Å². The van der Waals surface area contributed by atoms with Gasteiger partial charge in [0, 0.05) is 19.6 Å². The van der Waals surface area contributed by atoms with E-state index in [1.54, 1.807) is 0 Å². The number of nitrogens with one attached hydrogen (secondary N) is 2. The van der Waals surface area contributed by atoms with E-state index in [0.717, 1.165) is 12.8 Å². The second-order valence-corrected chi connectivity index (χ2v) is 7.12. The smallest absolute Gasteiger partial charge is 0.243 e. The van der Waals surface area contributed by atoms with Crippen LogP contribution >= 0.6 is 12.2 Å². The van der Waals surface area contributed by atoms with E-state index in [0.29, 0.717) is 24.7 Å². The number of aromatic hydroxyl groups is 1. The fourth-order valence-corrected chi connectivity index (χ4v) is 3.98. The fraction of sp³-hybridized carbons (Fsp3) is 0.462. The number of hydrogen-bond donors (Lipinski definition) is 3. The molecule has 1 aromatic carbocycles. The van der Waals surface area contributed by atoms with Crippen molar-refractivity contribution in [3.63, 3.8) is 0 Å². The van der Waals surface area contributed by atoms with Crippen molar-refractivity contribution in [2.75, 3.05) is 25.0 Å². The van der Waals surface area contributed by atoms with Crippen LogP contribution in [0.1, 0.15) is 19.8 Å². The molecular formula is C13H19N3O3S2. The molecule has 0 atom stereocenters. The Hall–Kier alpha value is -1.38. The van der Waals surface area contributed by atoms with Gasteiger partial charge in [0.1, 0.15) is 5.75 Å². The molecular weight excluding hydrogens is 310 g/mol. The van der Waals surface area contributed by atoms with Gasteiger partial charge in [-0.1, -0.05) is 0 Å². The molecule has 1 heterocycles. The minimum atomic E-state index is -3.51. The van der Waals surface area contributed by atoms with Gasteiger partial charge in [0.25, 0.3) is 0 Å². The van der Waals surface area contributed by atoms with E-state index in [4.69, 9.17) is 12.2 Å². The minimum Gasteiger partial charge on any atom is -0.506 e. The monoisotopic (exact) mass is 329 g/mol. The van der Waals surface area contributed by atoms with Crippen molar-refractivity contribution >= 4 is 33.0 Å². The van der Waals surface area contributed by atoms with E-state index in [9.17, 15) is 13.5 Å². The Bertz CT molecular complexity index is 626. The zero-order valence-corrected chi connectivity index (χ0v) is 13.4. The lowest BCUT2D eigenvalue weighted by Crippen LogP contribution is -2.29.